The average molecular weight is 399 g/mol. The van der Waals surface area contributed by atoms with Crippen LogP contribution in [0.3, 0.4) is 0 Å². The fourth-order valence-electron chi connectivity index (χ4n) is 2.85. The van der Waals surface area contributed by atoms with Gasteiger partial charge in [-0.3, -0.25) is 9.59 Å². The zero-order chi connectivity index (χ0) is 20.3. The molecule has 0 radical (unpaired) electrons. The number of benzene rings is 2. The first-order valence-corrected chi connectivity index (χ1v) is 9.82. The molecular weight excluding hydrogens is 377 g/mol. The number of rotatable bonds is 6. The number of fused-ring (bicyclic) bond motifs is 1. The minimum absolute atomic E-state index is 0.102. The summed E-state index contributed by atoms with van der Waals surface area (Å²) in [5.74, 6) is -1.11. The molecule has 28 heavy (non-hydrogen) atoms. The van der Waals surface area contributed by atoms with Gasteiger partial charge in [0, 0.05) is 12.6 Å². The van der Waals surface area contributed by atoms with Crippen molar-refractivity contribution in [3.8, 4) is 0 Å². The van der Waals surface area contributed by atoms with Crippen molar-refractivity contribution in [3.63, 3.8) is 0 Å². The van der Waals surface area contributed by atoms with Crippen molar-refractivity contribution in [2.75, 3.05) is 7.05 Å². The Kier molecular flexibility index (Phi) is 6.04. The summed E-state index contributed by atoms with van der Waals surface area (Å²) < 4.78 is 14.1. The summed E-state index contributed by atoms with van der Waals surface area (Å²) in [6.45, 7) is 4.12. The van der Waals surface area contributed by atoms with Gasteiger partial charge in [0.1, 0.15) is 16.9 Å². The zero-order valence-corrected chi connectivity index (χ0v) is 16.8. The van der Waals surface area contributed by atoms with Crippen molar-refractivity contribution in [1.82, 2.24) is 15.2 Å². The molecule has 2 aromatic carbocycles. The van der Waals surface area contributed by atoms with Gasteiger partial charge in [-0.15, -0.1) is 11.3 Å². The molecular formula is C21H22FN3O2S. The van der Waals surface area contributed by atoms with E-state index in [1.165, 1.54) is 24.3 Å². The Labute approximate surface area is 167 Å². The van der Waals surface area contributed by atoms with Crippen LogP contribution in [0.5, 0.6) is 0 Å². The van der Waals surface area contributed by atoms with E-state index in [1.54, 1.807) is 23.3 Å². The van der Waals surface area contributed by atoms with Crippen LogP contribution in [0, 0.1) is 11.7 Å². The van der Waals surface area contributed by atoms with Gasteiger partial charge < -0.3 is 10.2 Å². The summed E-state index contributed by atoms with van der Waals surface area (Å²) in [5.41, 5.74) is 1.22. The van der Waals surface area contributed by atoms with Crippen LogP contribution in [0.4, 0.5) is 4.39 Å². The molecule has 0 saturated carbocycles. The maximum Gasteiger partial charge on any atom is 0.251 e. The molecule has 1 heterocycles. The molecule has 0 aliphatic carbocycles. The molecule has 0 bridgehead atoms. The van der Waals surface area contributed by atoms with E-state index >= 15 is 0 Å². The molecule has 3 rings (SSSR count). The van der Waals surface area contributed by atoms with Crippen molar-refractivity contribution >= 4 is 33.4 Å². The van der Waals surface area contributed by atoms with Crippen molar-refractivity contribution < 1.29 is 14.0 Å². The highest BCUT2D eigenvalue weighted by atomic mass is 32.1. The molecule has 5 nitrogen and oxygen atoms in total. The van der Waals surface area contributed by atoms with E-state index in [0.717, 1.165) is 15.2 Å². The first kappa shape index (κ1) is 19.9. The number of thiazole rings is 1. The summed E-state index contributed by atoms with van der Waals surface area (Å²) in [6, 6.07) is 12.4. The quantitative estimate of drug-likeness (QED) is 0.685. The van der Waals surface area contributed by atoms with E-state index < -0.39 is 17.8 Å². The van der Waals surface area contributed by atoms with E-state index in [9.17, 15) is 14.0 Å². The van der Waals surface area contributed by atoms with Gasteiger partial charge in [0.05, 0.1) is 16.8 Å². The Morgan fingerprint density at radius 1 is 1.14 bits per heavy atom. The lowest BCUT2D eigenvalue weighted by Gasteiger charge is -2.26. The van der Waals surface area contributed by atoms with Gasteiger partial charge >= 0.3 is 0 Å². The monoisotopic (exact) mass is 399 g/mol. The Morgan fingerprint density at radius 3 is 2.46 bits per heavy atom. The molecule has 3 aromatic rings. The second-order valence-electron chi connectivity index (χ2n) is 6.97. The SMILES string of the molecule is CC(C)[C@H](NC(=O)c1ccc(F)cc1)C(=O)N(C)Cc1nc2ccccc2s1. The van der Waals surface area contributed by atoms with Crippen molar-refractivity contribution in [1.29, 1.82) is 0 Å². The summed E-state index contributed by atoms with van der Waals surface area (Å²) in [5, 5.41) is 3.61. The minimum Gasteiger partial charge on any atom is -0.340 e. The van der Waals surface area contributed by atoms with Crippen LogP contribution in [0.1, 0.15) is 29.2 Å². The third kappa shape index (κ3) is 4.54. The van der Waals surface area contributed by atoms with E-state index in [2.05, 4.69) is 10.3 Å². The topological polar surface area (TPSA) is 62.3 Å². The number of para-hydroxylation sites is 1. The Balaban J connectivity index is 1.70. The van der Waals surface area contributed by atoms with Crippen LogP contribution in [0.2, 0.25) is 0 Å². The number of halogens is 1. The Hall–Kier alpha value is -2.80. The number of nitrogens with zero attached hydrogens (tertiary/aromatic N) is 2. The first-order chi connectivity index (χ1) is 13.3. The number of carbonyl (C=O) groups excluding carboxylic acids is 2. The van der Waals surface area contributed by atoms with Gasteiger partial charge in [-0.1, -0.05) is 26.0 Å². The number of amides is 2. The number of hydrogen-bond donors (Lipinski definition) is 1. The van der Waals surface area contributed by atoms with E-state index in [0.29, 0.717) is 12.1 Å². The van der Waals surface area contributed by atoms with Crippen LogP contribution in [-0.4, -0.2) is 34.8 Å². The lowest BCUT2D eigenvalue weighted by atomic mass is 10.0. The molecule has 0 spiro atoms. The maximum absolute atomic E-state index is 13.1. The van der Waals surface area contributed by atoms with Crippen molar-refractivity contribution in [2.24, 2.45) is 5.92 Å². The normalized spacial score (nSPS) is 12.2. The minimum atomic E-state index is -0.683. The lowest BCUT2D eigenvalue weighted by molar-refractivity contribution is -0.133. The largest absolute Gasteiger partial charge is 0.340 e. The molecule has 2 amide bonds. The van der Waals surface area contributed by atoms with Crippen LogP contribution >= 0.6 is 11.3 Å². The molecule has 1 N–H and O–H groups in total. The predicted octanol–water partition coefficient (Wildman–Crippen LogP) is 3.85. The summed E-state index contributed by atoms with van der Waals surface area (Å²) in [4.78, 5) is 31.5. The second kappa shape index (κ2) is 8.48. The lowest BCUT2D eigenvalue weighted by Crippen LogP contribution is -2.50. The molecule has 7 heteroatoms. The van der Waals surface area contributed by atoms with Crippen LogP contribution in [0.25, 0.3) is 10.2 Å². The van der Waals surface area contributed by atoms with Crippen molar-refractivity contribution in [3.05, 3.63) is 64.9 Å². The van der Waals surface area contributed by atoms with E-state index in [1.807, 2.05) is 38.1 Å². The van der Waals surface area contributed by atoms with Gasteiger partial charge in [-0.2, -0.15) is 0 Å². The molecule has 0 aliphatic rings. The maximum atomic E-state index is 13.1. The van der Waals surface area contributed by atoms with E-state index in [-0.39, 0.29) is 11.8 Å². The van der Waals surface area contributed by atoms with Gasteiger partial charge in [0.2, 0.25) is 5.91 Å². The molecule has 0 saturated heterocycles. The third-order valence-corrected chi connectivity index (χ3v) is 5.43. The smallest absolute Gasteiger partial charge is 0.251 e. The van der Waals surface area contributed by atoms with Gasteiger partial charge in [-0.25, -0.2) is 9.37 Å². The van der Waals surface area contributed by atoms with Gasteiger partial charge in [0.15, 0.2) is 0 Å². The molecule has 0 aliphatic heterocycles. The molecule has 146 valence electrons. The number of carbonyl (C=O) groups is 2. The second-order valence-corrected chi connectivity index (χ2v) is 8.09. The molecule has 0 unspecified atom stereocenters. The first-order valence-electron chi connectivity index (χ1n) is 9.01. The van der Waals surface area contributed by atoms with Crippen molar-refractivity contribution in [2.45, 2.75) is 26.4 Å². The predicted molar refractivity (Wildman–Crippen MR) is 109 cm³/mol. The highest BCUT2D eigenvalue weighted by molar-refractivity contribution is 7.18. The fraction of sp³-hybridized carbons (Fsp3) is 0.286. The summed E-state index contributed by atoms with van der Waals surface area (Å²) >= 11 is 1.55. The highest BCUT2D eigenvalue weighted by Gasteiger charge is 2.28. The number of likely N-dealkylation sites (N-methyl/N-ethyl adjacent to an activating group) is 1. The number of aromatic nitrogens is 1. The standard InChI is InChI=1S/C21H22FN3O2S/c1-13(2)19(24-20(26)14-8-10-15(22)11-9-14)21(27)25(3)12-18-23-16-6-4-5-7-17(16)28-18/h4-11,13,19H,12H2,1-3H3,(H,24,26)/t19-/m0/s1. The molecule has 1 aromatic heterocycles. The number of nitrogens with one attached hydrogen (secondary N) is 1. The fourth-order valence-corrected chi connectivity index (χ4v) is 3.87. The zero-order valence-electron chi connectivity index (χ0n) is 16.0. The van der Waals surface area contributed by atoms with Crippen LogP contribution in [-0.2, 0) is 11.3 Å². The van der Waals surface area contributed by atoms with Gasteiger partial charge in [-0.05, 0) is 42.3 Å². The highest BCUT2D eigenvalue weighted by Crippen LogP contribution is 2.22. The Bertz CT molecular complexity index is 952. The summed E-state index contributed by atoms with van der Waals surface area (Å²) in [7, 11) is 1.70. The number of hydrogen-bond acceptors (Lipinski definition) is 4. The average Bonchev–Trinajstić information content (AvgIpc) is 3.07. The van der Waals surface area contributed by atoms with Gasteiger partial charge in [0.25, 0.3) is 5.91 Å². The molecule has 0 fully saturated rings. The van der Waals surface area contributed by atoms with Crippen LogP contribution < -0.4 is 5.32 Å². The van der Waals surface area contributed by atoms with Crippen LogP contribution in [0.15, 0.2) is 48.5 Å². The molecule has 1 atom stereocenters. The van der Waals surface area contributed by atoms with E-state index in [4.69, 9.17) is 0 Å². The Morgan fingerprint density at radius 2 is 1.82 bits per heavy atom. The third-order valence-electron chi connectivity index (χ3n) is 4.41. The summed E-state index contributed by atoms with van der Waals surface area (Å²) in [6.07, 6.45) is 0.